The second kappa shape index (κ2) is 9.88. The molecule has 0 saturated carbocycles. The summed E-state index contributed by atoms with van der Waals surface area (Å²) in [5.41, 5.74) is 3.13. The number of pyridine rings is 1. The second-order valence-electron chi connectivity index (χ2n) is 4.82. The fourth-order valence-electron chi connectivity index (χ4n) is 1.87. The largest absolute Gasteiger partial charge is 0.481 e. The molecule has 0 unspecified atom stereocenters. The Morgan fingerprint density at radius 2 is 2.19 bits per heavy atom. The molecular formula is C17H15BrClN3O4. The van der Waals surface area contributed by atoms with E-state index < -0.39 is 11.9 Å². The van der Waals surface area contributed by atoms with Gasteiger partial charge in [-0.05, 0) is 37.3 Å². The molecule has 0 atom stereocenters. The Morgan fingerprint density at radius 1 is 1.38 bits per heavy atom. The van der Waals surface area contributed by atoms with E-state index in [0.717, 1.165) is 4.47 Å². The van der Waals surface area contributed by atoms with Crippen molar-refractivity contribution in [3.63, 3.8) is 0 Å². The maximum Gasteiger partial charge on any atom is 0.344 e. The maximum absolute atomic E-state index is 12.0. The first-order chi connectivity index (χ1) is 12.5. The van der Waals surface area contributed by atoms with Crippen LogP contribution in [0.1, 0.15) is 22.8 Å². The van der Waals surface area contributed by atoms with Crippen LogP contribution in [-0.4, -0.2) is 36.3 Å². The summed E-state index contributed by atoms with van der Waals surface area (Å²) in [6, 6.07) is 8.29. The summed E-state index contributed by atoms with van der Waals surface area (Å²) in [5.74, 6) is -0.556. The van der Waals surface area contributed by atoms with E-state index in [9.17, 15) is 9.59 Å². The molecule has 0 spiro atoms. The molecule has 0 aliphatic carbocycles. The summed E-state index contributed by atoms with van der Waals surface area (Å²) >= 11 is 9.21. The van der Waals surface area contributed by atoms with E-state index in [0.29, 0.717) is 11.3 Å². The zero-order valence-corrected chi connectivity index (χ0v) is 16.1. The van der Waals surface area contributed by atoms with Crippen LogP contribution in [0.3, 0.4) is 0 Å². The van der Waals surface area contributed by atoms with E-state index in [4.69, 9.17) is 21.1 Å². The molecule has 7 nitrogen and oxygen atoms in total. The van der Waals surface area contributed by atoms with Gasteiger partial charge < -0.3 is 9.47 Å². The third-order valence-electron chi connectivity index (χ3n) is 3.00. The third kappa shape index (κ3) is 5.82. The lowest BCUT2D eigenvalue weighted by molar-refractivity contribution is -0.145. The summed E-state index contributed by atoms with van der Waals surface area (Å²) in [7, 11) is 0. The summed E-state index contributed by atoms with van der Waals surface area (Å²) in [5, 5.41) is 3.98. The number of nitrogens with one attached hydrogen (secondary N) is 1. The molecule has 1 N–H and O–H groups in total. The van der Waals surface area contributed by atoms with Crippen molar-refractivity contribution in [2.75, 3.05) is 13.2 Å². The van der Waals surface area contributed by atoms with Crippen molar-refractivity contribution < 1.29 is 19.1 Å². The predicted molar refractivity (Wildman–Crippen MR) is 101 cm³/mol. The van der Waals surface area contributed by atoms with Crippen molar-refractivity contribution in [1.82, 2.24) is 10.4 Å². The van der Waals surface area contributed by atoms with E-state index in [2.05, 4.69) is 31.4 Å². The number of hydrazone groups is 1. The molecule has 2 rings (SSSR count). The number of ether oxygens (including phenoxy) is 2. The average molecular weight is 441 g/mol. The van der Waals surface area contributed by atoms with Crippen LogP contribution in [0, 0.1) is 0 Å². The first-order valence-electron chi connectivity index (χ1n) is 7.53. The number of carbonyl (C=O) groups excluding carboxylic acids is 2. The molecule has 0 aliphatic heterocycles. The zero-order chi connectivity index (χ0) is 18.9. The molecule has 1 heterocycles. The Labute approximate surface area is 163 Å². The number of benzene rings is 1. The molecule has 136 valence electrons. The number of halogens is 2. The maximum atomic E-state index is 12.0. The molecule has 0 radical (unpaired) electrons. The van der Waals surface area contributed by atoms with Gasteiger partial charge in [0.25, 0.3) is 5.91 Å². The molecule has 0 aliphatic rings. The standard InChI is InChI=1S/C17H15BrClN3O4/c1-2-25-15(23)10-26-14-6-5-12(18)8-11(14)9-21-22-17(24)13-4-3-7-20-16(13)19/h3-9H,2,10H2,1H3,(H,22,24). The van der Waals surface area contributed by atoms with Crippen LogP contribution in [0.15, 0.2) is 46.1 Å². The van der Waals surface area contributed by atoms with Crippen molar-refractivity contribution in [3.05, 3.63) is 57.3 Å². The SMILES string of the molecule is CCOC(=O)COc1ccc(Br)cc1C=NNC(=O)c1cccnc1Cl. The number of carbonyl (C=O) groups is 2. The number of esters is 1. The van der Waals surface area contributed by atoms with Gasteiger partial charge >= 0.3 is 5.97 Å². The van der Waals surface area contributed by atoms with Gasteiger partial charge in [0.05, 0.1) is 18.4 Å². The van der Waals surface area contributed by atoms with Gasteiger partial charge in [-0.2, -0.15) is 5.10 Å². The Kier molecular flexibility index (Phi) is 7.55. The monoisotopic (exact) mass is 439 g/mol. The highest BCUT2D eigenvalue weighted by atomic mass is 79.9. The van der Waals surface area contributed by atoms with Crippen molar-refractivity contribution in [3.8, 4) is 5.75 Å². The lowest BCUT2D eigenvalue weighted by atomic mass is 10.2. The van der Waals surface area contributed by atoms with Gasteiger partial charge in [-0.25, -0.2) is 15.2 Å². The van der Waals surface area contributed by atoms with Gasteiger partial charge in [-0.1, -0.05) is 27.5 Å². The van der Waals surface area contributed by atoms with E-state index >= 15 is 0 Å². The van der Waals surface area contributed by atoms with Gasteiger partial charge in [-0.3, -0.25) is 4.79 Å². The topological polar surface area (TPSA) is 89.9 Å². The summed E-state index contributed by atoms with van der Waals surface area (Å²) in [4.78, 5) is 27.3. The van der Waals surface area contributed by atoms with Gasteiger partial charge in [0.2, 0.25) is 0 Å². The molecular weight excluding hydrogens is 426 g/mol. The molecule has 1 amide bonds. The lowest BCUT2D eigenvalue weighted by Crippen LogP contribution is -2.18. The van der Waals surface area contributed by atoms with Crippen LogP contribution in [0.4, 0.5) is 0 Å². The molecule has 0 fully saturated rings. The van der Waals surface area contributed by atoms with Crippen LogP contribution >= 0.6 is 27.5 Å². The molecule has 2 aromatic rings. The Hall–Kier alpha value is -2.45. The van der Waals surface area contributed by atoms with Crippen molar-refractivity contribution in [1.29, 1.82) is 0 Å². The van der Waals surface area contributed by atoms with Gasteiger partial charge in [0.15, 0.2) is 6.61 Å². The number of amides is 1. The zero-order valence-electron chi connectivity index (χ0n) is 13.7. The van der Waals surface area contributed by atoms with Crippen LogP contribution in [-0.2, 0) is 9.53 Å². The van der Waals surface area contributed by atoms with Crippen molar-refractivity contribution in [2.24, 2.45) is 5.10 Å². The lowest BCUT2D eigenvalue weighted by Gasteiger charge is -2.09. The minimum absolute atomic E-state index is 0.0844. The number of hydrogen-bond acceptors (Lipinski definition) is 6. The Morgan fingerprint density at radius 3 is 2.92 bits per heavy atom. The first kappa shape index (κ1) is 19.9. The Bertz CT molecular complexity index is 829. The highest BCUT2D eigenvalue weighted by Gasteiger charge is 2.10. The predicted octanol–water partition coefficient (Wildman–Crippen LogP) is 3.20. The third-order valence-corrected chi connectivity index (χ3v) is 3.79. The number of nitrogens with zero attached hydrogens (tertiary/aromatic N) is 2. The molecule has 26 heavy (non-hydrogen) atoms. The molecule has 1 aromatic carbocycles. The first-order valence-corrected chi connectivity index (χ1v) is 8.70. The normalized spacial score (nSPS) is 10.6. The van der Waals surface area contributed by atoms with E-state index in [1.807, 2.05) is 0 Å². The van der Waals surface area contributed by atoms with E-state index in [1.54, 1.807) is 31.2 Å². The summed E-state index contributed by atoms with van der Waals surface area (Å²) < 4.78 is 11.0. The van der Waals surface area contributed by atoms with Gasteiger partial charge in [0.1, 0.15) is 10.9 Å². The summed E-state index contributed by atoms with van der Waals surface area (Å²) in [6.45, 7) is 1.76. The van der Waals surface area contributed by atoms with E-state index in [-0.39, 0.29) is 23.9 Å². The highest BCUT2D eigenvalue weighted by Crippen LogP contribution is 2.22. The van der Waals surface area contributed by atoms with Crippen molar-refractivity contribution >= 4 is 45.6 Å². The molecule has 1 aromatic heterocycles. The van der Waals surface area contributed by atoms with E-state index in [1.165, 1.54) is 18.5 Å². The smallest absolute Gasteiger partial charge is 0.344 e. The molecule has 0 bridgehead atoms. The number of rotatable bonds is 7. The van der Waals surface area contributed by atoms with Crippen LogP contribution in [0.2, 0.25) is 5.15 Å². The molecule has 0 saturated heterocycles. The quantitative estimate of drug-likeness (QED) is 0.309. The van der Waals surface area contributed by atoms with Gasteiger partial charge in [0, 0.05) is 16.2 Å². The van der Waals surface area contributed by atoms with Gasteiger partial charge in [-0.15, -0.1) is 0 Å². The average Bonchev–Trinajstić information content (AvgIpc) is 2.61. The second-order valence-corrected chi connectivity index (χ2v) is 6.09. The van der Waals surface area contributed by atoms with Crippen molar-refractivity contribution in [2.45, 2.75) is 6.92 Å². The fourth-order valence-corrected chi connectivity index (χ4v) is 2.45. The highest BCUT2D eigenvalue weighted by molar-refractivity contribution is 9.10. The Balaban J connectivity index is 2.06. The van der Waals surface area contributed by atoms with Crippen LogP contribution in [0.25, 0.3) is 0 Å². The minimum Gasteiger partial charge on any atom is -0.481 e. The molecule has 9 heteroatoms. The van der Waals surface area contributed by atoms with Crippen LogP contribution < -0.4 is 10.2 Å². The fraction of sp³-hybridized carbons (Fsp3) is 0.176. The minimum atomic E-state index is -0.497. The number of hydrogen-bond donors (Lipinski definition) is 1. The summed E-state index contributed by atoms with van der Waals surface area (Å²) in [6.07, 6.45) is 2.88. The number of aromatic nitrogens is 1. The van der Waals surface area contributed by atoms with Crippen LogP contribution in [0.5, 0.6) is 5.75 Å².